The van der Waals surface area contributed by atoms with Crippen molar-refractivity contribution < 1.29 is 4.74 Å². The Bertz CT molecular complexity index is 211. The van der Waals surface area contributed by atoms with Crippen LogP contribution in [0.1, 0.15) is 13.3 Å². The summed E-state index contributed by atoms with van der Waals surface area (Å²) in [5, 5.41) is 0. The molecule has 0 amide bonds. The zero-order valence-corrected chi connectivity index (χ0v) is 7.02. The fourth-order valence-electron chi connectivity index (χ4n) is 1.27. The molecule has 0 unspecified atom stereocenters. The van der Waals surface area contributed by atoms with Gasteiger partial charge in [0, 0.05) is 0 Å². The van der Waals surface area contributed by atoms with Crippen LogP contribution in [0, 0.1) is 0 Å². The van der Waals surface area contributed by atoms with E-state index in [1.807, 2.05) is 13.0 Å². The Morgan fingerprint density at radius 3 is 2.82 bits per heavy atom. The lowest BCUT2D eigenvalue weighted by Gasteiger charge is -2.18. The third-order valence-electron chi connectivity index (χ3n) is 1.90. The molecule has 1 aliphatic heterocycles. The van der Waals surface area contributed by atoms with Crippen molar-refractivity contribution in [3.05, 3.63) is 36.0 Å². The van der Waals surface area contributed by atoms with E-state index >= 15 is 0 Å². The molecule has 1 rings (SSSR count). The second-order valence-electron chi connectivity index (χ2n) is 2.79. The summed E-state index contributed by atoms with van der Waals surface area (Å²) in [6, 6.07) is 0. The average molecular weight is 150 g/mol. The minimum atomic E-state index is 0.700. The van der Waals surface area contributed by atoms with Gasteiger partial charge in [0.2, 0.25) is 0 Å². The summed E-state index contributed by atoms with van der Waals surface area (Å²) in [5.41, 5.74) is 3.67. The van der Waals surface area contributed by atoms with Crippen LogP contribution in [-0.2, 0) is 4.74 Å². The quantitative estimate of drug-likeness (QED) is 0.587. The zero-order chi connectivity index (χ0) is 8.27. The van der Waals surface area contributed by atoms with Gasteiger partial charge in [-0.2, -0.15) is 0 Å². The monoisotopic (exact) mass is 150 g/mol. The molecule has 0 N–H and O–H groups in total. The van der Waals surface area contributed by atoms with Crippen molar-refractivity contribution in [2.24, 2.45) is 0 Å². The lowest BCUT2D eigenvalue weighted by Crippen LogP contribution is -2.10. The molecule has 1 heteroatoms. The molecule has 60 valence electrons. The third-order valence-corrected chi connectivity index (χ3v) is 1.90. The molecule has 0 aromatic heterocycles. The SMILES string of the molecule is C=CC1=C(C(=C)C)CCOC1. The van der Waals surface area contributed by atoms with Crippen molar-refractivity contribution in [1.29, 1.82) is 0 Å². The van der Waals surface area contributed by atoms with Gasteiger partial charge in [0.1, 0.15) is 0 Å². The van der Waals surface area contributed by atoms with Crippen LogP contribution in [0.25, 0.3) is 0 Å². The fraction of sp³-hybridized carbons (Fsp3) is 0.400. The Hall–Kier alpha value is -0.820. The van der Waals surface area contributed by atoms with E-state index in [2.05, 4.69) is 13.2 Å². The van der Waals surface area contributed by atoms with Gasteiger partial charge in [-0.05, 0) is 24.5 Å². The van der Waals surface area contributed by atoms with Crippen molar-refractivity contribution in [3.63, 3.8) is 0 Å². The van der Waals surface area contributed by atoms with E-state index in [1.54, 1.807) is 0 Å². The molecule has 0 fully saturated rings. The topological polar surface area (TPSA) is 9.23 Å². The molecule has 0 aliphatic carbocycles. The van der Waals surface area contributed by atoms with Gasteiger partial charge in [-0.1, -0.05) is 24.8 Å². The first-order valence-corrected chi connectivity index (χ1v) is 3.83. The number of ether oxygens (including phenoxy) is 1. The van der Waals surface area contributed by atoms with E-state index in [0.29, 0.717) is 6.61 Å². The van der Waals surface area contributed by atoms with Gasteiger partial charge in [-0.3, -0.25) is 0 Å². The largest absolute Gasteiger partial charge is 0.376 e. The highest BCUT2D eigenvalue weighted by molar-refractivity contribution is 5.38. The van der Waals surface area contributed by atoms with Gasteiger partial charge in [-0.25, -0.2) is 0 Å². The molecule has 0 bridgehead atoms. The minimum Gasteiger partial charge on any atom is -0.376 e. The maximum atomic E-state index is 5.28. The van der Waals surface area contributed by atoms with Crippen LogP contribution in [0.15, 0.2) is 36.0 Å². The molecule has 0 aromatic rings. The Balaban J connectivity index is 2.90. The second-order valence-corrected chi connectivity index (χ2v) is 2.79. The highest BCUT2D eigenvalue weighted by Crippen LogP contribution is 2.21. The van der Waals surface area contributed by atoms with Crippen molar-refractivity contribution in [3.8, 4) is 0 Å². The van der Waals surface area contributed by atoms with E-state index in [1.165, 1.54) is 11.1 Å². The highest BCUT2D eigenvalue weighted by Gasteiger charge is 2.10. The number of hydrogen-bond donors (Lipinski definition) is 0. The molecule has 1 nitrogen and oxygen atoms in total. The standard InChI is InChI=1S/C10H14O/c1-4-9-7-11-6-5-10(9)8(2)3/h4H,1-2,5-7H2,3H3. The Morgan fingerprint density at radius 2 is 2.36 bits per heavy atom. The van der Waals surface area contributed by atoms with E-state index < -0.39 is 0 Å². The number of hydrogen-bond acceptors (Lipinski definition) is 1. The van der Waals surface area contributed by atoms with Crippen LogP contribution < -0.4 is 0 Å². The van der Waals surface area contributed by atoms with E-state index in [4.69, 9.17) is 4.74 Å². The van der Waals surface area contributed by atoms with Crippen molar-refractivity contribution in [2.75, 3.05) is 13.2 Å². The lowest BCUT2D eigenvalue weighted by molar-refractivity contribution is 0.149. The molecular weight excluding hydrogens is 136 g/mol. The summed E-state index contributed by atoms with van der Waals surface area (Å²) in [6.07, 6.45) is 2.85. The number of rotatable bonds is 2. The minimum absolute atomic E-state index is 0.700. The van der Waals surface area contributed by atoms with Crippen LogP contribution >= 0.6 is 0 Å². The van der Waals surface area contributed by atoms with Gasteiger partial charge >= 0.3 is 0 Å². The molecule has 0 aromatic carbocycles. The van der Waals surface area contributed by atoms with Gasteiger partial charge in [0.25, 0.3) is 0 Å². The summed E-state index contributed by atoms with van der Waals surface area (Å²) in [6.45, 7) is 11.2. The molecule has 0 radical (unpaired) electrons. The Labute approximate surface area is 68.1 Å². The van der Waals surface area contributed by atoms with Crippen LogP contribution in [0.2, 0.25) is 0 Å². The van der Waals surface area contributed by atoms with E-state index in [-0.39, 0.29) is 0 Å². The zero-order valence-electron chi connectivity index (χ0n) is 7.02. The van der Waals surface area contributed by atoms with Gasteiger partial charge in [-0.15, -0.1) is 0 Å². The predicted molar refractivity (Wildman–Crippen MR) is 47.5 cm³/mol. The molecule has 0 saturated heterocycles. The van der Waals surface area contributed by atoms with Crippen LogP contribution in [-0.4, -0.2) is 13.2 Å². The lowest BCUT2D eigenvalue weighted by atomic mass is 9.98. The summed E-state index contributed by atoms with van der Waals surface area (Å²) in [5.74, 6) is 0. The molecule has 1 heterocycles. The Morgan fingerprint density at radius 1 is 1.64 bits per heavy atom. The van der Waals surface area contributed by atoms with Gasteiger partial charge < -0.3 is 4.74 Å². The summed E-state index contributed by atoms with van der Waals surface area (Å²) in [7, 11) is 0. The Kier molecular flexibility index (Phi) is 2.66. The van der Waals surface area contributed by atoms with Crippen LogP contribution in [0.3, 0.4) is 0 Å². The number of allylic oxidation sites excluding steroid dienone is 1. The normalized spacial score (nSPS) is 18.3. The summed E-state index contributed by atoms with van der Waals surface area (Å²) >= 11 is 0. The molecule has 0 spiro atoms. The highest BCUT2D eigenvalue weighted by atomic mass is 16.5. The first-order valence-electron chi connectivity index (χ1n) is 3.83. The molecule has 11 heavy (non-hydrogen) atoms. The van der Waals surface area contributed by atoms with Gasteiger partial charge in [0.05, 0.1) is 13.2 Å². The summed E-state index contributed by atoms with van der Waals surface area (Å²) in [4.78, 5) is 0. The van der Waals surface area contributed by atoms with E-state index in [0.717, 1.165) is 18.6 Å². The third kappa shape index (κ3) is 1.81. The fourth-order valence-corrected chi connectivity index (χ4v) is 1.27. The maximum absolute atomic E-state index is 5.28. The van der Waals surface area contributed by atoms with Crippen molar-refractivity contribution in [1.82, 2.24) is 0 Å². The first-order chi connectivity index (χ1) is 5.25. The first kappa shape index (κ1) is 8.28. The second kappa shape index (κ2) is 3.54. The van der Waals surface area contributed by atoms with Crippen LogP contribution in [0.4, 0.5) is 0 Å². The average Bonchev–Trinajstić information content (AvgIpc) is 2.04. The summed E-state index contributed by atoms with van der Waals surface area (Å²) < 4.78 is 5.28. The van der Waals surface area contributed by atoms with Crippen molar-refractivity contribution in [2.45, 2.75) is 13.3 Å². The molecule has 1 aliphatic rings. The predicted octanol–water partition coefficient (Wildman–Crippen LogP) is 2.47. The van der Waals surface area contributed by atoms with Crippen LogP contribution in [0.5, 0.6) is 0 Å². The van der Waals surface area contributed by atoms with E-state index in [9.17, 15) is 0 Å². The smallest absolute Gasteiger partial charge is 0.0719 e. The molecule has 0 saturated carbocycles. The van der Waals surface area contributed by atoms with Gasteiger partial charge in [0.15, 0.2) is 0 Å². The van der Waals surface area contributed by atoms with Crippen molar-refractivity contribution >= 4 is 0 Å². The maximum Gasteiger partial charge on any atom is 0.0719 e. The molecular formula is C10H14O. The molecule has 0 atom stereocenters.